The van der Waals surface area contributed by atoms with E-state index in [4.69, 9.17) is 16.3 Å². The first-order chi connectivity index (χ1) is 8.15. The zero-order valence-corrected chi connectivity index (χ0v) is 11.6. The van der Waals surface area contributed by atoms with Gasteiger partial charge in [-0.15, -0.1) is 0 Å². The second-order valence-corrected chi connectivity index (χ2v) is 5.02. The average Bonchev–Trinajstić information content (AvgIpc) is 2.30. The van der Waals surface area contributed by atoms with E-state index in [1.807, 2.05) is 37.3 Å². The highest BCUT2D eigenvalue weighted by atomic mass is 79.9. The maximum atomic E-state index is 5.88. The van der Waals surface area contributed by atoms with Crippen LogP contribution < -0.4 is 4.74 Å². The number of rotatable bonds is 3. The lowest BCUT2D eigenvalue weighted by molar-refractivity contribution is 0.299. The molecular formula is C13H11BrClNO. The normalized spacial score (nSPS) is 10.3. The van der Waals surface area contributed by atoms with E-state index in [-0.39, 0.29) is 0 Å². The fourth-order valence-electron chi connectivity index (χ4n) is 1.42. The van der Waals surface area contributed by atoms with Gasteiger partial charge in [0.05, 0.1) is 5.69 Å². The Kier molecular flexibility index (Phi) is 4.02. The van der Waals surface area contributed by atoms with Gasteiger partial charge in [0, 0.05) is 15.7 Å². The van der Waals surface area contributed by atoms with Crippen LogP contribution in [0, 0.1) is 6.92 Å². The summed E-state index contributed by atoms with van der Waals surface area (Å²) in [6.07, 6.45) is 1.76. The third-order valence-corrected chi connectivity index (χ3v) is 3.01. The molecule has 0 N–H and O–H groups in total. The molecule has 88 valence electrons. The van der Waals surface area contributed by atoms with Gasteiger partial charge in [-0.3, -0.25) is 4.98 Å². The zero-order valence-electron chi connectivity index (χ0n) is 9.28. The molecule has 2 rings (SSSR count). The van der Waals surface area contributed by atoms with E-state index in [0.29, 0.717) is 6.61 Å². The summed E-state index contributed by atoms with van der Waals surface area (Å²) in [5.74, 6) is 0.833. The van der Waals surface area contributed by atoms with Gasteiger partial charge in [-0.2, -0.15) is 0 Å². The summed E-state index contributed by atoms with van der Waals surface area (Å²) in [5.41, 5.74) is 1.91. The minimum absolute atomic E-state index is 0.454. The van der Waals surface area contributed by atoms with Crippen LogP contribution in [0.4, 0.5) is 0 Å². The van der Waals surface area contributed by atoms with Gasteiger partial charge < -0.3 is 4.74 Å². The summed E-state index contributed by atoms with van der Waals surface area (Å²) >= 11 is 9.22. The summed E-state index contributed by atoms with van der Waals surface area (Å²) in [4.78, 5) is 4.24. The summed E-state index contributed by atoms with van der Waals surface area (Å²) in [5, 5.41) is 0.719. The third-order valence-electron chi connectivity index (χ3n) is 2.30. The number of benzene rings is 1. The number of nitrogens with zero attached hydrogens (tertiary/aromatic N) is 1. The van der Waals surface area contributed by atoms with E-state index in [0.717, 1.165) is 26.5 Å². The van der Waals surface area contributed by atoms with E-state index >= 15 is 0 Å². The molecule has 0 fully saturated rings. The molecule has 0 aliphatic heterocycles. The van der Waals surface area contributed by atoms with Crippen LogP contribution in [0.5, 0.6) is 5.75 Å². The van der Waals surface area contributed by atoms with Crippen molar-refractivity contribution in [3.63, 3.8) is 0 Å². The molecular weight excluding hydrogens is 302 g/mol. The Bertz CT molecular complexity index is 513. The Morgan fingerprint density at radius 1 is 1.29 bits per heavy atom. The lowest BCUT2D eigenvalue weighted by Gasteiger charge is -2.08. The number of hydrogen-bond donors (Lipinski definition) is 0. The summed E-state index contributed by atoms with van der Waals surface area (Å²) < 4.78 is 6.64. The first-order valence-electron chi connectivity index (χ1n) is 5.14. The molecule has 2 nitrogen and oxygen atoms in total. The number of ether oxygens (including phenoxy) is 1. The molecule has 4 heteroatoms. The Morgan fingerprint density at radius 2 is 2.12 bits per heavy atom. The lowest BCUT2D eigenvalue weighted by Crippen LogP contribution is -1.98. The van der Waals surface area contributed by atoms with Crippen LogP contribution in [0.25, 0.3) is 0 Å². The Hall–Kier alpha value is -1.06. The van der Waals surface area contributed by atoms with Gasteiger partial charge in [0.25, 0.3) is 0 Å². The monoisotopic (exact) mass is 311 g/mol. The van der Waals surface area contributed by atoms with Crippen molar-refractivity contribution in [3.05, 3.63) is 57.3 Å². The number of halogens is 2. The quantitative estimate of drug-likeness (QED) is 0.839. The van der Waals surface area contributed by atoms with Crippen molar-refractivity contribution in [3.8, 4) is 5.75 Å². The van der Waals surface area contributed by atoms with Crippen LogP contribution >= 0.6 is 27.5 Å². The second-order valence-electron chi connectivity index (χ2n) is 3.67. The Balaban J connectivity index is 2.04. The predicted octanol–water partition coefficient (Wildman–Crippen LogP) is 4.38. The Labute approximate surface area is 114 Å². The molecule has 0 saturated heterocycles. The lowest BCUT2D eigenvalue weighted by atomic mass is 10.2. The van der Waals surface area contributed by atoms with Gasteiger partial charge in [-0.05, 0) is 58.7 Å². The molecule has 2 aromatic rings. The molecule has 1 heterocycles. The SMILES string of the molecule is Cc1cc(Cl)ccc1OCc1ccc(Br)cn1. The minimum Gasteiger partial charge on any atom is -0.487 e. The molecule has 0 aliphatic rings. The van der Waals surface area contributed by atoms with E-state index in [2.05, 4.69) is 20.9 Å². The molecule has 1 aromatic carbocycles. The van der Waals surface area contributed by atoms with Gasteiger partial charge in [0.1, 0.15) is 12.4 Å². The van der Waals surface area contributed by atoms with Crippen molar-refractivity contribution in [2.45, 2.75) is 13.5 Å². The van der Waals surface area contributed by atoms with E-state index in [1.54, 1.807) is 6.20 Å². The van der Waals surface area contributed by atoms with Gasteiger partial charge in [0.15, 0.2) is 0 Å². The fourth-order valence-corrected chi connectivity index (χ4v) is 1.88. The minimum atomic E-state index is 0.454. The molecule has 0 aliphatic carbocycles. The molecule has 17 heavy (non-hydrogen) atoms. The van der Waals surface area contributed by atoms with Crippen LogP contribution in [0.3, 0.4) is 0 Å². The first-order valence-corrected chi connectivity index (χ1v) is 6.31. The molecule has 0 atom stereocenters. The first kappa shape index (κ1) is 12.4. The second kappa shape index (κ2) is 5.52. The maximum absolute atomic E-state index is 5.88. The molecule has 0 saturated carbocycles. The van der Waals surface area contributed by atoms with Crippen LogP contribution in [0.15, 0.2) is 41.0 Å². The van der Waals surface area contributed by atoms with Gasteiger partial charge in [0.2, 0.25) is 0 Å². The highest BCUT2D eigenvalue weighted by Crippen LogP contribution is 2.22. The van der Waals surface area contributed by atoms with Crippen LogP contribution in [-0.2, 0) is 6.61 Å². The molecule has 0 amide bonds. The fraction of sp³-hybridized carbons (Fsp3) is 0.154. The van der Waals surface area contributed by atoms with E-state index < -0.39 is 0 Å². The van der Waals surface area contributed by atoms with Crippen molar-refractivity contribution in [1.29, 1.82) is 0 Å². The van der Waals surface area contributed by atoms with E-state index in [1.165, 1.54) is 0 Å². The molecule has 0 bridgehead atoms. The third kappa shape index (κ3) is 3.45. The van der Waals surface area contributed by atoms with Crippen LogP contribution in [-0.4, -0.2) is 4.98 Å². The molecule has 0 radical (unpaired) electrons. The number of aryl methyl sites for hydroxylation is 1. The summed E-state index contributed by atoms with van der Waals surface area (Å²) in [6, 6.07) is 9.44. The van der Waals surface area contributed by atoms with Crippen molar-refractivity contribution in [1.82, 2.24) is 4.98 Å². The zero-order chi connectivity index (χ0) is 12.3. The summed E-state index contributed by atoms with van der Waals surface area (Å²) in [7, 11) is 0. The predicted molar refractivity (Wildman–Crippen MR) is 72.5 cm³/mol. The van der Waals surface area contributed by atoms with Gasteiger partial charge >= 0.3 is 0 Å². The van der Waals surface area contributed by atoms with Crippen molar-refractivity contribution in [2.75, 3.05) is 0 Å². The molecule has 0 spiro atoms. The average molecular weight is 313 g/mol. The van der Waals surface area contributed by atoms with E-state index in [9.17, 15) is 0 Å². The maximum Gasteiger partial charge on any atom is 0.130 e. The largest absolute Gasteiger partial charge is 0.487 e. The Morgan fingerprint density at radius 3 is 2.76 bits per heavy atom. The van der Waals surface area contributed by atoms with Crippen molar-refractivity contribution >= 4 is 27.5 Å². The summed E-state index contributed by atoms with van der Waals surface area (Å²) in [6.45, 7) is 2.42. The topological polar surface area (TPSA) is 22.1 Å². The molecule has 1 aromatic heterocycles. The number of hydrogen-bond acceptors (Lipinski definition) is 2. The van der Waals surface area contributed by atoms with Crippen LogP contribution in [0.1, 0.15) is 11.3 Å². The molecule has 0 unspecified atom stereocenters. The van der Waals surface area contributed by atoms with Gasteiger partial charge in [-0.1, -0.05) is 11.6 Å². The highest BCUT2D eigenvalue weighted by Gasteiger charge is 2.01. The highest BCUT2D eigenvalue weighted by molar-refractivity contribution is 9.10. The number of aromatic nitrogens is 1. The van der Waals surface area contributed by atoms with Crippen molar-refractivity contribution in [2.24, 2.45) is 0 Å². The smallest absolute Gasteiger partial charge is 0.130 e. The van der Waals surface area contributed by atoms with Gasteiger partial charge in [-0.25, -0.2) is 0 Å². The van der Waals surface area contributed by atoms with Crippen molar-refractivity contribution < 1.29 is 4.74 Å². The standard InChI is InChI=1S/C13H11BrClNO/c1-9-6-11(15)3-5-13(9)17-8-12-4-2-10(14)7-16-12/h2-7H,8H2,1H3. The number of pyridine rings is 1. The van der Waals surface area contributed by atoms with Crippen LogP contribution in [0.2, 0.25) is 5.02 Å².